The maximum Gasteiger partial charge on any atom is 0.281 e. The van der Waals surface area contributed by atoms with Crippen LogP contribution in [0.5, 0.6) is 5.75 Å². The van der Waals surface area contributed by atoms with Gasteiger partial charge in [-0.1, -0.05) is 0 Å². The molecular weight excluding hydrogens is 438 g/mol. The Kier molecular flexibility index (Phi) is 5.33. The summed E-state index contributed by atoms with van der Waals surface area (Å²) in [7, 11) is 0. The van der Waals surface area contributed by atoms with Crippen LogP contribution in [0.3, 0.4) is 0 Å². The van der Waals surface area contributed by atoms with Crippen molar-refractivity contribution in [1.82, 2.24) is 14.8 Å². The van der Waals surface area contributed by atoms with Gasteiger partial charge in [-0.05, 0) is 56.3 Å². The summed E-state index contributed by atoms with van der Waals surface area (Å²) in [4.78, 5) is 31.9. The van der Waals surface area contributed by atoms with Gasteiger partial charge in [0.05, 0.1) is 18.9 Å². The van der Waals surface area contributed by atoms with E-state index in [1.54, 1.807) is 32.0 Å². The Labute approximate surface area is 195 Å². The molecule has 1 aromatic heterocycles. The minimum Gasteiger partial charge on any atom is -0.476 e. The summed E-state index contributed by atoms with van der Waals surface area (Å²) in [5, 5.41) is 9.94. The Hall–Kier alpha value is -4.12. The van der Waals surface area contributed by atoms with Crippen molar-refractivity contribution in [2.75, 3.05) is 47.6 Å². The maximum atomic E-state index is 13.2. The molecule has 11 nitrogen and oxygen atoms in total. The van der Waals surface area contributed by atoms with Gasteiger partial charge in [-0.2, -0.15) is 9.67 Å². The number of hydrogen-bond donors (Lipinski definition) is 3. The molecule has 1 fully saturated rings. The van der Waals surface area contributed by atoms with Crippen molar-refractivity contribution in [2.45, 2.75) is 19.4 Å². The van der Waals surface area contributed by atoms with Gasteiger partial charge in [0.1, 0.15) is 5.75 Å². The molecule has 0 bridgehead atoms. The fraction of sp³-hybridized carbons (Fsp3) is 0.304. The van der Waals surface area contributed by atoms with Gasteiger partial charge in [-0.15, -0.1) is 5.10 Å². The second-order valence-corrected chi connectivity index (χ2v) is 8.56. The molecule has 4 N–H and O–H groups in total. The summed E-state index contributed by atoms with van der Waals surface area (Å²) in [6, 6.07) is 12.6. The van der Waals surface area contributed by atoms with Gasteiger partial charge in [0.15, 0.2) is 5.60 Å². The van der Waals surface area contributed by atoms with Crippen LogP contribution in [-0.4, -0.2) is 58.5 Å². The summed E-state index contributed by atoms with van der Waals surface area (Å²) < 4.78 is 12.2. The number of nitrogens with two attached hydrogens (primary N) is 1. The molecule has 2 aromatic carbocycles. The summed E-state index contributed by atoms with van der Waals surface area (Å²) >= 11 is 0. The van der Waals surface area contributed by atoms with E-state index in [-0.39, 0.29) is 23.4 Å². The summed E-state index contributed by atoms with van der Waals surface area (Å²) in [6.45, 7) is 6.45. The minimum absolute atomic E-state index is 0.0443. The van der Waals surface area contributed by atoms with Crippen molar-refractivity contribution < 1.29 is 19.1 Å². The van der Waals surface area contributed by atoms with Gasteiger partial charge in [-0.25, -0.2) is 0 Å². The van der Waals surface area contributed by atoms with Crippen molar-refractivity contribution in [2.24, 2.45) is 0 Å². The zero-order valence-corrected chi connectivity index (χ0v) is 18.9. The number of aromatic nitrogens is 3. The molecule has 3 aromatic rings. The third kappa shape index (κ3) is 4.13. The summed E-state index contributed by atoms with van der Waals surface area (Å²) in [5.74, 6) is -0.133. The number of anilines is 5. The topological polar surface area (TPSA) is 137 Å². The fourth-order valence-corrected chi connectivity index (χ4v) is 3.82. The Morgan fingerprint density at radius 2 is 1.88 bits per heavy atom. The number of carbonyl (C=O) groups is 2. The lowest BCUT2D eigenvalue weighted by atomic mass is 10.0. The smallest absolute Gasteiger partial charge is 0.281 e. The van der Waals surface area contributed by atoms with Gasteiger partial charge < -0.3 is 30.7 Å². The van der Waals surface area contributed by atoms with E-state index in [2.05, 4.69) is 25.6 Å². The van der Waals surface area contributed by atoms with Crippen LogP contribution in [0.2, 0.25) is 0 Å². The first-order chi connectivity index (χ1) is 16.3. The molecule has 0 spiro atoms. The van der Waals surface area contributed by atoms with E-state index in [9.17, 15) is 9.59 Å². The third-order valence-electron chi connectivity index (χ3n) is 5.70. The molecule has 1 amide bonds. The fourth-order valence-electron chi connectivity index (χ4n) is 3.82. The SMILES string of the molecule is CC1(C)Oc2ccc(C(=O)n3nc(N)nc3Nc3ccc(N4CCOCC4)cc3)cc2NC1=O. The predicted octanol–water partition coefficient (Wildman–Crippen LogP) is 2.24. The van der Waals surface area contributed by atoms with E-state index in [0.29, 0.717) is 24.7 Å². The highest BCUT2D eigenvalue weighted by Crippen LogP contribution is 2.34. The average molecular weight is 463 g/mol. The van der Waals surface area contributed by atoms with E-state index in [1.165, 1.54) is 0 Å². The lowest BCUT2D eigenvalue weighted by Crippen LogP contribution is -2.45. The number of rotatable bonds is 4. The minimum atomic E-state index is -0.993. The average Bonchev–Trinajstić information content (AvgIpc) is 3.19. The van der Waals surface area contributed by atoms with Gasteiger partial charge in [0, 0.05) is 30.0 Å². The first-order valence-electron chi connectivity index (χ1n) is 10.9. The summed E-state index contributed by atoms with van der Waals surface area (Å²) in [6.07, 6.45) is 0. The van der Waals surface area contributed by atoms with Crippen molar-refractivity contribution in [3.63, 3.8) is 0 Å². The van der Waals surface area contributed by atoms with Gasteiger partial charge in [0.25, 0.3) is 11.8 Å². The highest BCUT2D eigenvalue weighted by Gasteiger charge is 2.35. The number of morpholine rings is 1. The number of ether oxygens (including phenoxy) is 2. The largest absolute Gasteiger partial charge is 0.476 e. The Morgan fingerprint density at radius 1 is 1.15 bits per heavy atom. The van der Waals surface area contributed by atoms with E-state index in [4.69, 9.17) is 15.2 Å². The molecule has 3 heterocycles. The molecule has 0 aliphatic carbocycles. The standard InChI is InChI=1S/C23H25N7O4/c1-23(2)20(32)26-17-13-14(3-8-18(17)34-23)19(31)30-22(27-21(24)28-30)25-15-4-6-16(7-5-15)29-9-11-33-12-10-29/h3-8,13H,9-12H2,1-2H3,(H,26,32)(H3,24,25,27,28). The number of nitrogens with zero attached hydrogens (tertiary/aromatic N) is 4. The van der Waals surface area contributed by atoms with Crippen LogP contribution >= 0.6 is 0 Å². The molecule has 5 rings (SSSR count). The Morgan fingerprint density at radius 3 is 2.62 bits per heavy atom. The van der Waals surface area contributed by atoms with Crippen LogP contribution in [0.15, 0.2) is 42.5 Å². The van der Waals surface area contributed by atoms with Crippen LogP contribution in [0.1, 0.15) is 24.2 Å². The van der Waals surface area contributed by atoms with Crippen molar-refractivity contribution in [1.29, 1.82) is 0 Å². The zero-order valence-electron chi connectivity index (χ0n) is 18.9. The molecule has 0 radical (unpaired) electrons. The third-order valence-corrected chi connectivity index (χ3v) is 5.70. The molecule has 11 heteroatoms. The highest BCUT2D eigenvalue weighted by atomic mass is 16.5. The number of nitrogens with one attached hydrogen (secondary N) is 2. The monoisotopic (exact) mass is 463 g/mol. The Balaban J connectivity index is 1.36. The van der Waals surface area contributed by atoms with Gasteiger partial charge in [-0.3, -0.25) is 9.59 Å². The normalized spacial score (nSPS) is 16.9. The molecule has 34 heavy (non-hydrogen) atoms. The Bertz CT molecular complexity index is 1250. The van der Waals surface area contributed by atoms with Gasteiger partial charge in [0.2, 0.25) is 11.9 Å². The van der Waals surface area contributed by atoms with E-state index >= 15 is 0 Å². The second kappa shape index (κ2) is 8.34. The second-order valence-electron chi connectivity index (χ2n) is 8.56. The van der Waals surface area contributed by atoms with Crippen LogP contribution in [0.25, 0.3) is 0 Å². The van der Waals surface area contributed by atoms with Crippen LogP contribution in [-0.2, 0) is 9.53 Å². The first-order valence-corrected chi connectivity index (χ1v) is 10.9. The molecule has 2 aliphatic rings. The molecule has 2 aliphatic heterocycles. The lowest BCUT2D eigenvalue weighted by molar-refractivity contribution is -0.129. The van der Waals surface area contributed by atoms with Crippen molar-refractivity contribution in [3.05, 3.63) is 48.0 Å². The van der Waals surface area contributed by atoms with E-state index in [0.717, 1.165) is 29.1 Å². The number of benzene rings is 2. The maximum absolute atomic E-state index is 13.2. The van der Waals surface area contributed by atoms with Crippen LogP contribution in [0, 0.1) is 0 Å². The number of carbonyl (C=O) groups excluding carboxylic acids is 2. The number of nitrogen functional groups attached to an aromatic ring is 1. The molecular formula is C23H25N7O4. The molecule has 176 valence electrons. The van der Waals surface area contributed by atoms with E-state index in [1.807, 2.05) is 24.3 Å². The highest BCUT2D eigenvalue weighted by molar-refractivity contribution is 6.03. The zero-order chi connectivity index (χ0) is 23.9. The summed E-state index contributed by atoms with van der Waals surface area (Å²) in [5.41, 5.74) is 7.33. The van der Waals surface area contributed by atoms with Crippen LogP contribution < -0.4 is 26.0 Å². The number of hydrogen-bond acceptors (Lipinski definition) is 9. The number of fused-ring (bicyclic) bond motifs is 1. The predicted molar refractivity (Wildman–Crippen MR) is 127 cm³/mol. The van der Waals surface area contributed by atoms with Crippen molar-refractivity contribution in [3.8, 4) is 5.75 Å². The quantitative estimate of drug-likeness (QED) is 0.532. The molecule has 0 atom stereocenters. The van der Waals surface area contributed by atoms with Gasteiger partial charge >= 0.3 is 0 Å². The lowest BCUT2D eigenvalue weighted by Gasteiger charge is -2.31. The molecule has 1 saturated heterocycles. The van der Waals surface area contributed by atoms with Crippen molar-refractivity contribution >= 4 is 40.8 Å². The first kappa shape index (κ1) is 21.7. The molecule has 0 saturated carbocycles. The van der Waals surface area contributed by atoms with E-state index < -0.39 is 11.5 Å². The number of amides is 1. The van der Waals surface area contributed by atoms with Crippen LogP contribution in [0.4, 0.5) is 29.0 Å². The molecule has 0 unspecified atom stereocenters.